The molecule has 0 aliphatic carbocycles. The third-order valence-electron chi connectivity index (χ3n) is 3.73. The topological polar surface area (TPSA) is 86.5 Å². The van der Waals surface area contributed by atoms with Crippen LogP contribution in [-0.2, 0) is 4.74 Å². The zero-order chi connectivity index (χ0) is 18.8. The number of aromatic nitrogens is 2. The first-order valence-corrected chi connectivity index (χ1v) is 8.37. The van der Waals surface area contributed by atoms with Gasteiger partial charge < -0.3 is 19.2 Å². The summed E-state index contributed by atoms with van der Waals surface area (Å²) >= 11 is 6.18. The van der Waals surface area contributed by atoms with Gasteiger partial charge in [0.05, 0.1) is 24.1 Å². The van der Waals surface area contributed by atoms with Gasteiger partial charge in [-0.05, 0) is 39.0 Å². The normalized spacial score (nSPS) is 10.8. The molecule has 1 N–H and O–H groups in total. The van der Waals surface area contributed by atoms with E-state index in [-0.39, 0.29) is 6.61 Å². The third-order valence-corrected chi connectivity index (χ3v) is 4.03. The van der Waals surface area contributed by atoms with Gasteiger partial charge in [-0.2, -0.15) is 4.98 Å². The molecule has 7 nitrogen and oxygen atoms in total. The van der Waals surface area contributed by atoms with Crippen LogP contribution in [0.4, 0.5) is 11.5 Å². The lowest BCUT2D eigenvalue weighted by atomic mass is 10.1. The number of fused-ring (bicyclic) bond motifs is 1. The highest BCUT2D eigenvalue weighted by Gasteiger charge is 2.24. The van der Waals surface area contributed by atoms with Crippen molar-refractivity contribution in [3.05, 3.63) is 40.4 Å². The van der Waals surface area contributed by atoms with Crippen LogP contribution in [0.15, 0.2) is 22.6 Å². The molecule has 136 valence electrons. The van der Waals surface area contributed by atoms with E-state index >= 15 is 0 Å². The number of ether oxygens (including phenoxy) is 2. The number of halogens is 1. The van der Waals surface area contributed by atoms with E-state index in [1.165, 1.54) is 0 Å². The van der Waals surface area contributed by atoms with Crippen LogP contribution >= 0.6 is 11.6 Å². The molecule has 8 heteroatoms. The van der Waals surface area contributed by atoms with Gasteiger partial charge in [0, 0.05) is 5.69 Å². The molecule has 3 rings (SSSR count). The monoisotopic (exact) mass is 375 g/mol. The molecule has 0 atom stereocenters. The number of methoxy groups -OCH3 is 1. The average molecular weight is 376 g/mol. The minimum absolute atomic E-state index is 0.258. The smallest absolute Gasteiger partial charge is 0.342 e. The number of hydrogen-bond donors (Lipinski definition) is 1. The summed E-state index contributed by atoms with van der Waals surface area (Å²) in [4.78, 5) is 21.1. The van der Waals surface area contributed by atoms with E-state index in [1.807, 2.05) is 0 Å². The molecular weight excluding hydrogens is 358 g/mol. The van der Waals surface area contributed by atoms with Gasteiger partial charge in [0.15, 0.2) is 0 Å². The molecule has 0 fully saturated rings. The summed E-state index contributed by atoms with van der Waals surface area (Å²) in [6.45, 7) is 5.44. The summed E-state index contributed by atoms with van der Waals surface area (Å²) < 4.78 is 15.9. The number of carbonyl (C=O) groups is 1. The largest absolute Gasteiger partial charge is 0.495 e. The van der Waals surface area contributed by atoms with Crippen LogP contribution in [0, 0.1) is 13.8 Å². The second-order valence-electron chi connectivity index (χ2n) is 5.53. The first-order chi connectivity index (χ1) is 12.4. The van der Waals surface area contributed by atoms with E-state index in [4.69, 9.17) is 25.5 Å². The molecule has 26 heavy (non-hydrogen) atoms. The Morgan fingerprint density at radius 2 is 2.08 bits per heavy atom. The predicted octanol–water partition coefficient (Wildman–Crippen LogP) is 4.42. The Labute approximate surface area is 155 Å². The number of hydrogen-bond acceptors (Lipinski definition) is 7. The molecule has 3 aromatic rings. The fraction of sp³-hybridized carbons (Fsp3) is 0.278. The highest BCUT2D eigenvalue weighted by molar-refractivity contribution is 6.32. The van der Waals surface area contributed by atoms with Gasteiger partial charge in [-0.1, -0.05) is 11.6 Å². The number of rotatable bonds is 5. The van der Waals surface area contributed by atoms with Crippen molar-refractivity contribution in [3.8, 4) is 5.75 Å². The first kappa shape index (κ1) is 18.0. The fourth-order valence-corrected chi connectivity index (χ4v) is 2.90. The number of esters is 1. The molecule has 1 aromatic carbocycles. The van der Waals surface area contributed by atoms with Crippen molar-refractivity contribution >= 4 is 40.2 Å². The maximum absolute atomic E-state index is 12.4. The average Bonchev–Trinajstić information content (AvgIpc) is 2.91. The molecule has 2 heterocycles. The van der Waals surface area contributed by atoms with Crippen LogP contribution in [0.1, 0.15) is 28.9 Å². The second-order valence-corrected chi connectivity index (χ2v) is 5.93. The van der Waals surface area contributed by atoms with Crippen LogP contribution in [0.3, 0.4) is 0 Å². The summed E-state index contributed by atoms with van der Waals surface area (Å²) in [5.74, 6) is 1.45. The molecule has 0 amide bonds. The molecule has 0 aliphatic heterocycles. The number of benzene rings is 1. The van der Waals surface area contributed by atoms with Crippen molar-refractivity contribution in [2.75, 3.05) is 19.0 Å². The van der Waals surface area contributed by atoms with E-state index in [0.29, 0.717) is 50.5 Å². The predicted molar refractivity (Wildman–Crippen MR) is 98.5 cm³/mol. The highest BCUT2D eigenvalue weighted by Crippen LogP contribution is 2.34. The zero-order valence-corrected chi connectivity index (χ0v) is 15.6. The van der Waals surface area contributed by atoms with E-state index in [0.717, 1.165) is 0 Å². The summed E-state index contributed by atoms with van der Waals surface area (Å²) in [6.07, 6.45) is 0. The summed E-state index contributed by atoms with van der Waals surface area (Å²) in [7, 11) is 1.55. The van der Waals surface area contributed by atoms with Crippen LogP contribution in [0.5, 0.6) is 5.75 Å². The van der Waals surface area contributed by atoms with Crippen LogP contribution < -0.4 is 10.1 Å². The molecule has 0 bridgehead atoms. The number of nitrogens with zero attached hydrogens (tertiary/aromatic N) is 2. The van der Waals surface area contributed by atoms with Gasteiger partial charge in [-0.3, -0.25) is 0 Å². The van der Waals surface area contributed by atoms with Gasteiger partial charge in [0.2, 0.25) is 5.71 Å². The first-order valence-electron chi connectivity index (χ1n) is 8.00. The lowest BCUT2D eigenvalue weighted by Gasteiger charge is -2.10. The molecular formula is C18H18ClN3O4. The van der Waals surface area contributed by atoms with Crippen molar-refractivity contribution in [1.82, 2.24) is 9.97 Å². The summed E-state index contributed by atoms with van der Waals surface area (Å²) in [5.41, 5.74) is 1.31. The lowest BCUT2D eigenvalue weighted by molar-refractivity contribution is 0.0526. The molecule has 0 saturated heterocycles. The van der Waals surface area contributed by atoms with Gasteiger partial charge in [-0.25, -0.2) is 9.78 Å². The molecule has 0 radical (unpaired) electrons. The van der Waals surface area contributed by atoms with Crippen molar-refractivity contribution in [3.63, 3.8) is 0 Å². The van der Waals surface area contributed by atoms with E-state index < -0.39 is 5.97 Å². The number of anilines is 2. The number of furan rings is 1. The number of nitrogens with one attached hydrogen (secondary N) is 1. The van der Waals surface area contributed by atoms with E-state index in [2.05, 4.69) is 15.3 Å². The Kier molecular flexibility index (Phi) is 4.99. The lowest BCUT2D eigenvalue weighted by Crippen LogP contribution is -2.07. The Balaban J connectivity index is 2.12. The SMILES string of the molecule is CCOC(=O)c1c(C)oc2nc(C)nc(Nc3ccc(OC)c(Cl)c3)c12. The maximum atomic E-state index is 12.4. The van der Waals surface area contributed by atoms with E-state index in [9.17, 15) is 4.79 Å². The van der Waals surface area contributed by atoms with Gasteiger partial charge in [0.25, 0.3) is 0 Å². The van der Waals surface area contributed by atoms with Gasteiger partial charge >= 0.3 is 5.97 Å². The number of carbonyl (C=O) groups excluding carboxylic acids is 1. The van der Waals surface area contributed by atoms with Crippen molar-refractivity contribution < 1.29 is 18.7 Å². The van der Waals surface area contributed by atoms with Crippen LogP contribution in [-0.4, -0.2) is 29.7 Å². The maximum Gasteiger partial charge on any atom is 0.342 e. The van der Waals surface area contributed by atoms with Gasteiger partial charge in [0.1, 0.15) is 28.7 Å². The van der Waals surface area contributed by atoms with Crippen LogP contribution in [0.25, 0.3) is 11.1 Å². The van der Waals surface area contributed by atoms with Gasteiger partial charge in [-0.15, -0.1) is 0 Å². The molecule has 2 aromatic heterocycles. The fourth-order valence-electron chi connectivity index (χ4n) is 2.64. The third kappa shape index (κ3) is 3.30. The van der Waals surface area contributed by atoms with Crippen molar-refractivity contribution in [2.24, 2.45) is 0 Å². The summed E-state index contributed by atoms with van der Waals surface area (Å²) in [6, 6.07) is 5.24. The Morgan fingerprint density at radius 3 is 2.73 bits per heavy atom. The highest BCUT2D eigenvalue weighted by atomic mass is 35.5. The van der Waals surface area contributed by atoms with E-state index in [1.54, 1.807) is 46.1 Å². The Hall–Kier alpha value is -2.80. The molecule has 0 saturated carbocycles. The Morgan fingerprint density at radius 1 is 1.31 bits per heavy atom. The molecule has 0 unspecified atom stereocenters. The summed E-state index contributed by atoms with van der Waals surface area (Å²) in [5, 5.41) is 4.09. The molecule has 0 spiro atoms. The second kappa shape index (κ2) is 7.21. The van der Waals surface area contributed by atoms with Crippen molar-refractivity contribution in [1.29, 1.82) is 0 Å². The Bertz CT molecular complexity index is 984. The standard InChI is InChI=1S/C18H18ClN3O4/c1-5-25-18(23)14-9(2)26-17-15(14)16(20-10(3)21-17)22-11-6-7-13(24-4)12(19)8-11/h6-8H,5H2,1-4H3,(H,20,21,22). The quantitative estimate of drug-likeness (QED) is 0.660. The van der Waals surface area contributed by atoms with Crippen molar-refractivity contribution in [2.45, 2.75) is 20.8 Å². The minimum atomic E-state index is -0.480. The minimum Gasteiger partial charge on any atom is -0.495 e. The van der Waals surface area contributed by atoms with Crippen LogP contribution in [0.2, 0.25) is 5.02 Å². The molecule has 0 aliphatic rings. The zero-order valence-electron chi connectivity index (χ0n) is 14.8. The number of aryl methyl sites for hydroxylation is 2.